The molecule has 0 spiro atoms. The molecule has 36 heavy (non-hydrogen) atoms. The SMILES string of the molecule is COc1cc2nccc(Oc3ccc(CC(=O)C(C)(C)C(=O)Cc4ccccc4)cc3)c2cc1OC. The Balaban J connectivity index is 1.46. The van der Waals surface area contributed by atoms with Crippen molar-refractivity contribution in [3.63, 3.8) is 0 Å². The maximum atomic E-state index is 13.0. The van der Waals surface area contributed by atoms with Crippen molar-refractivity contribution in [1.82, 2.24) is 4.98 Å². The third-order valence-electron chi connectivity index (χ3n) is 6.32. The molecule has 0 saturated heterocycles. The Morgan fingerprint density at radius 3 is 1.94 bits per heavy atom. The Kier molecular flexibility index (Phi) is 7.34. The highest BCUT2D eigenvalue weighted by molar-refractivity contribution is 6.07. The number of nitrogens with zero attached hydrogens (tertiary/aromatic N) is 1. The first-order valence-corrected chi connectivity index (χ1v) is 11.7. The summed E-state index contributed by atoms with van der Waals surface area (Å²) in [5.74, 6) is 2.22. The summed E-state index contributed by atoms with van der Waals surface area (Å²) in [6, 6.07) is 22.2. The van der Waals surface area contributed by atoms with Crippen LogP contribution in [0.4, 0.5) is 0 Å². The summed E-state index contributed by atoms with van der Waals surface area (Å²) in [7, 11) is 3.16. The fraction of sp³-hybridized carbons (Fsp3) is 0.233. The molecule has 6 nitrogen and oxygen atoms in total. The number of methoxy groups -OCH3 is 2. The summed E-state index contributed by atoms with van der Waals surface area (Å²) in [4.78, 5) is 30.3. The van der Waals surface area contributed by atoms with Gasteiger partial charge >= 0.3 is 0 Å². The Labute approximate surface area is 210 Å². The average Bonchev–Trinajstić information content (AvgIpc) is 2.89. The van der Waals surface area contributed by atoms with Gasteiger partial charge in [-0.2, -0.15) is 0 Å². The lowest BCUT2D eigenvalue weighted by Crippen LogP contribution is -2.35. The van der Waals surface area contributed by atoms with E-state index in [1.165, 1.54) is 0 Å². The molecule has 0 aliphatic heterocycles. The average molecular weight is 484 g/mol. The Morgan fingerprint density at radius 1 is 0.750 bits per heavy atom. The van der Waals surface area contributed by atoms with Crippen LogP contribution in [0.5, 0.6) is 23.0 Å². The van der Waals surface area contributed by atoms with E-state index in [-0.39, 0.29) is 24.4 Å². The van der Waals surface area contributed by atoms with Crippen LogP contribution >= 0.6 is 0 Å². The van der Waals surface area contributed by atoms with Crippen LogP contribution in [0.25, 0.3) is 10.9 Å². The first-order chi connectivity index (χ1) is 17.3. The number of hydrogen-bond acceptors (Lipinski definition) is 6. The van der Waals surface area contributed by atoms with Gasteiger partial charge in [-0.3, -0.25) is 14.6 Å². The van der Waals surface area contributed by atoms with E-state index in [1.54, 1.807) is 46.4 Å². The van der Waals surface area contributed by atoms with Gasteiger partial charge < -0.3 is 14.2 Å². The van der Waals surface area contributed by atoms with E-state index in [4.69, 9.17) is 14.2 Å². The number of rotatable bonds is 10. The predicted octanol–water partition coefficient (Wildman–Crippen LogP) is 5.99. The molecule has 0 amide bonds. The number of carbonyl (C=O) groups excluding carboxylic acids is 2. The summed E-state index contributed by atoms with van der Waals surface area (Å²) < 4.78 is 16.9. The molecular weight excluding hydrogens is 454 g/mol. The van der Waals surface area contributed by atoms with Crippen LogP contribution in [0.1, 0.15) is 25.0 Å². The molecule has 0 aliphatic carbocycles. The van der Waals surface area contributed by atoms with Crippen molar-refractivity contribution in [3.05, 3.63) is 90.1 Å². The second-order valence-electron chi connectivity index (χ2n) is 9.09. The third kappa shape index (κ3) is 5.38. The number of pyridine rings is 1. The molecule has 0 radical (unpaired) electrons. The van der Waals surface area contributed by atoms with Crippen LogP contribution in [0.3, 0.4) is 0 Å². The van der Waals surface area contributed by atoms with Crippen LogP contribution in [0.15, 0.2) is 79.0 Å². The molecule has 0 unspecified atom stereocenters. The fourth-order valence-electron chi connectivity index (χ4n) is 3.90. The zero-order valence-electron chi connectivity index (χ0n) is 20.9. The van der Waals surface area contributed by atoms with Gasteiger partial charge in [-0.25, -0.2) is 0 Å². The van der Waals surface area contributed by atoms with E-state index in [0.717, 1.165) is 22.0 Å². The van der Waals surface area contributed by atoms with Crippen molar-refractivity contribution < 1.29 is 23.8 Å². The molecule has 6 heteroatoms. The lowest BCUT2D eigenvalue weighted by molar-refractivity contribution is -0.137. The van der Waals surface area contributed by atoms with Gasteiger partial charge in [0.2, 0.25) is 0 Å². The van der Waals surface area contributed by atoms with Gasteiger partial charge in [0, 0.05) is 30.5 Å². The van der Waals surface area contributed by atoms with Gasteiger partial charge in [0.1, 0.15) is 23.1 Å². The van der Waals surface area contributed by atoms with E-state index in [0.29, 0.717) is 23.0 Å². The van der Waals surface area contributed by atoms with Crippen LogP contribution in [0, 0.1) is 5.41 Å². The summed E-state index contributed by atoms with van der Waals surface area (Å²) in [5, 5.41) is 0.785. The molecule has 0 N–H and O–H groups in total. The predicted molar refractivity (Wildman–Crippen MR) is 139 cm³/mol. The summed E-state index contributed by atoms with van der Waals surface area (Å²) >= 11 is 0. The van der Waals surface area contributed by atoms with Crippen molar-refractivity contribution in [1.29, 1.82) is 0 Å². The molecule has 1 aromatic heterocycles. The smallest absolute Gasteiger partial charge is 0.162 e. The molecule has 0 bridgehead atoms. The molecule has 4 rings (SSSR count). The minimum absolute atomic E-state index is 0.0877. The van der Waals surface area contributed by atoms with E-state index < -0.39 is 5.41 Å². The van der Waals surface area contributed by atoms with Gasteiger partial charge in [0.05, 0.1) is 25.2 Å². The summed E-state index contributed by atoms with van der Waals surface area (Å²) in [5.41, 5.74) is 1.37. The van der Waals surface area contributed by atoms with Gasteiger partial charge in [0.15, 0.2) is 11.5 Å². The topological polar surface area (TPSA) is 74.7 Å². The molecule has 184 valence electrons. The van der Waals surface area contributed by atoms with E-state index in [9.17, 15) is 9.59 Å². The van der Waals surface area contributed by atoms with Crippen molar-refractivity contribution in [2.75, 3.05) is 14.2 Å². The summed E-state index contributed by atoms with van der Waals surface area (Å²) in [6.07, 6.45) is 2.08. The molecule has 0 aliphatic rings. The highest BCUT2D eigenvalue weighted by Gasteiger charge is 2.34. The number of Topliss-reactive ketones (excluding diaryl/α,β-unsaturated/α-hetero) is 2. The Hall–Kier alpha value is -4.19. The largest absolute Gasteiger partial charge is 0.493 e. The van der Waals surface area contributed by atoms with Gasteiger partial charge in [-0.1, -0.05) is 42.5 Å². The maximum absolute atomic E-state index is 13.0. The lowest BCUT2D eigenvalue weighted by Gasteiger charge is -2.22. The zero-order valence-corrected chi connectivity index (χ0v) is 20.9. The van der Waals surface area contributed by atoms with Crippen LogP contribution < -0.4 is 14.2 Å². The van der Waals surface area contributed by atoms with Crippen LogP contribution in [-0.2, 0) is 22.4 Å². The minimum Gasteiger partial charge on any atom is -0.493 e. The van der Waals surface area contributed by atoms with E-state index in [1.807, 2.05) is 60.7 Å². The second-order valence-corrected chi connectivity index (χ2v) is 9.09. The maximum Gasteiger partial charge on any atom is 0.162 e. The number of ketones is 2. The molecule has 0 fully saturated rings. The van der Waals surface area contributed by atoms with Gasteiger partial charge in [0.25, 0.3) is 0 Å². The first-order valence-electron chi connectivity index (χ1n) is 11.7. The van der Waals surface area contributed by atoms with Crippen LogP contribution in [0.2, 0.25) is 0 Å². The molecule has 1 heterocycles. The first kappa shape index (κ1) is 24.9. The normalized spacial score (nSPS) is 11.2. The van der Waals surface area contributed by atoms with E-state index in [2.05, 4.69) is 4.98 Å². The third-order valence-corrected chi connectivity index (χ3v) is 6.32. The quantitative estimate of drug-likeness (QED) is 0.258. The van der Waals surface area contributed by atoms with Crippen molar-refractivity contribution in [2.45, 2.75) is 26.7 Å². The lowest BCUT2D eigenvalue weighted by atomic mass is 9.79. The van der Waals surface area contributed by atoms with Crippen molar-refractivity contribution >= 4 is 22.5 Å². The number of carbonyl (C=O) groups is 2. The summed E-state index contributed by atoms with van der Waals surface area (Å²) in [6.45, 7) is 3.41. The standard InChI is InChI=1S/C30H29NO5/c1-30(2,28(32)16-20-8-6-5-7-9-20)29(33)17-21-10-12-22(13-11-21)36-25-14-15-31-24-19-27(35-4)26(34-3)18-23(24)25/h5-15,18-19H,16-17H2,1-4H3. The Bertz CT molecular complexity index is 1380. The monoisotopic (exact) mass is 483 g/mol. The molecule has 0 atom stereocenters. The van der Waals surface area contributed by atoms with Gasteiger partial charge in [-0.15, -0.1) is 0 Å². The number of ether oxygens (including phenoxy) is 3. The number of hydrogen-bond donors (Lipinski definition) is 0. The molecular formula is C30H29NO5. The number of benzene rings is 3. The molecule has 3 aromatic carbocycles. The number of aromatic nitrogens is 1. The zero-order chi connectivity index (χ0) is 25.7. The van der Waals surface area contributed by atoms with Crippen molar-refractivity contribution in [2.24, 2.45) is 5.41 Å². The fourth-order valence-corrected chi connectivity index (χ4v) is 3.90. The van der Waals surface area contributed by atoms with Crippen molar-refractivity contribution in [3.8, 4) is 23.0 Å². The Morgan fingerprint density at radius 2 is 1.33 bits per heavy atom. The highest BCUT2D eigenvalue weighted by Crippen LogP contribution is 2.37. The minimum atomic E-state index is -1.07. The second kappa shape index (κ2) is 10.6. The van der Waals surface area contributed by atoms with Gasteiger partial charge in [-0.05, 0) is 49.2 Å². The van der Waals surface area contributed by atoms with E-state index >= 15 is 0 Å². The highest BCUT2D eigenvalue weighted by atomic mass is 16.5. The molecule has 4 aromatic rings. The number of fused-ring (bicyclic) bond motifs is 1. The molecule has 0 saturated carbocycles. The van der Waals surface area contributed by atoms with Crippen LogP contribution in [-0.4, -0.2) is 30.8 Å².